The first-order valence-electron chi connectivity index (χ1n) is 6.96. The number of carbonyl (C=O) groups is 1. The predicted octanol–water partition coefficient (Wildman–Crippen LogP) is 1.70. The summed E-state index contributed by atoms with van der Waals surface area (Å²) in [6.45, 7) is 2.83. The Bertz CT molecular complexity index is 620. The lowest BCUT2D eigenvalue weighted by Gasteiger charge is -2.10. The number of nitrogen functional groups attached to an aromatic ring is 1. The van der Waals surface area contributed by atoms with Crippen LogP contribution in [0.5, 0.6) is 0 Å². The van der Waals surface area contributed by atoms with Gasteiger partial charge in [-0.25, -0.2) is 0 Å². The summed E-state index contributed by atoms with van der Waals surface area (Å²) in [5.74, 6) is -0.135. The predicted molar refractivity (Wildman–Crippen MR) is 84.4 cm³/mol. The molecule has 2 aromatic rings. The zero-order valence-corrected chi connectivity index (χ0v) is 12.4. The van der Waals surface area contributed by atoms with Crippen molar-refractivity contribution in [1.82, 2.24) is 15.5 Å². The highest BCUT2D eigenvalue weighted by molar-refractivity contribution is 5.95. The first-order valence-corrected chi connectivity index (χ1v) is 6.96. The van der Waals surface area contributed by atoms with E-state index < -0.39 is 0 Å². The van der Waals surface area contributed by atoms with Crippen LogP contribution < -0.4 is 16.4 Å². The highest BCUT2D eigenvalue weighted by Crippen LogP contribution is 2.20. The van der Waals surface area contributed by atoms with Crippen molar-refractivity contribution in [3.05, 3.63) is 41.2 Å². The minimum absolute atomic E-state index is 0.135. The summed E-state index contributed by atoms with van der Waals surface area (Å²) in [5.41, 5.74) is 10.3. The van der Waals surface area contributed by atoms with E-state index in [1.165, 1.54) is 5.56 Å². The molecule has 6 nitrogen and oxygen atoms in total. The van der Waals surface area contributed by atoms with Crippen LogP contribution in [0.3, 0.4) is 0 Å². The van der Waals surface area contributed by atoms with E-state index in [0.29, 0.717) is 11.3 Å². The summed E-state index contributed by atoms with van der Waals surface area (Å²) < 4.78 is 0. The smallest absolute Gasteiger partial charge is 0.251 e. The number of hydrogen-bond donors (Lipinski definition) is 4. The van der Waals surface area contributed by atoms with Crippen LogP contribution in [0.4, 0.5) is 11.4 Å². The molecule has 0 radical (unpaired) electrons. The van der Waals surface area contributed by atoms with Gasteiger partial charge in [-0.2, -0.15) is 5.10 Å². The number of benzene rings is 1. The van der Waals surface area contributed by atoms with E-state index in [-0.39, 0.29) is 5.91 Å². The van der Waals surface area contributed by atoms with Crippen molar-refractivity contribution in [1.29, 1.82) is 0 Å². The summed E-state index contributed by atoms with van der Waals surface area (Å²) in [6.07, 6.45) is 3.81. The number of carbonyl (C=O) groups excluding carboxylic acids is 1. The number of rotatable bonds is 6. The molecule has 0 saturated heterocycles. The molecule has 1 aromatic heterocycles. The largest absolute Gasteiger partial charge is 0.397 e. The zero-order valence-electron chi connectivity index (χ0n) is 12.4. The van der Waals surface area contributed by atoms with E-state index in [0.717, 1.165) is 30.8 Å². The van der Waals surface area contributed by atoms with Crippen molar-refractivity contribution in [3.8, 4) is 0 Å². The second kappa shape index (κ2) is 6.78. The molecule has 0 aliphatic heterocycles. The quantitative estimate of drug-likeness (QED) is 0.480. The van der Waals surface area contributed by atoms with Crippen molar-refractivity contribution in [2.24, 2.45) is 0 Å². The van der Waals surface area contributed by atoms with Gasteiger partial charge in [-0.3, -0.25) is 9.89 Å². The third-order valence-electron chi connectivity index (χ3n) is 3.41. The summed E-state index contributed by atoms with van der Waals surface area (Å²) in [5, 5.41) is 12.8. The maximum atomic E-state index is 11.5. The first kappa shape index (κ1) is 14.9. The fraction of sp³-hybridized carbons (Fsp3) is 0.333. The molecule has 112 valence electrons. The lowest BCUT2D eigenvalue weighted by atomic mass is 10.1. The van der Waals surface area contributed by atoms with Crippen LogP contribution in [-0.4, -0.2) is 29.7 Å². The molecule has 6 heteroatoms. The third kappa shape index (κ3) is 3.75. The number of hydrogen-bond acceptors (Lipinski definition) is 4. The Balaban J connectivity index is 1.86. The molecule has 0 bridgehead atoms. The molecule has 1 heterocycles. The molecule has 0 aliphatic carbocycles. The highest BCUT2D eigenvalue weighted by atomic mass is 16.1. The second-order valence-electron chi connectivity index (χ2n) is 4.93. The van der Waals surface area contributed by atoms with Crippen molar-refractivity contribution in [2.75, 3.05) is 24.6 Å². The monoisotopic (exact) mass is 287 g/mol. The fourth-order valence-corrected chi connectivity index (χ4v) is 2.14. The molecule has 0 unspecified atom stereocenters. The van der Waals surface area contributed by atoms with Gasteiger partial charge in [0.2, 0.25) is 0 Å². The van der Waals surface area contributed by atoms with Crippen LogP contribution in [0.2, 0.25) is 0 Å². The maximum Gasteiger partial charge on any atom is 0.251 e. The van der Waals surface area contributed by atoms with Gasteiger partial charge in [0.25, 0.3) is 5.91 Å². The van der Waals surface area contributed by atoms with Crippen LogP contribution >= 0.6 is 0 Å². The standard InChI is InChI=1S/C15H21N5O/c1-10-12(9-19-20-10)4-3-7-18-14-6-5-11(8-13(14)16)15(21)17-2/h5-6,8-9,18H,3-4,7,16H2,1-2H3,(H,17,21)(H,19,20). The van der Waals surface area contributed by atoms with Crippen LogP contribution in [-0.2, 0) is 6.42 Å². The molecule has 0 spiro atoms. The molecule has 1 amide bonds. The van der Waals surface area contributed by atoms with E-state index in [1.807, 2.05) is 19.2 Å². The molecule has 1 aromatic carbocycles. The number of aromatic nitrogens is 2. The average molecular weight is 287 g/mol. The molecule has 0 fully saturated rings. The SMILES string of the molecule is CNC(=O)c1ccc(NCCCc2cn[nH]c2C)c(N)c1. The minimum Gasteiger partial charge on any atom is -0.397 e. The van der Waals surface area contributed by atoms with Crippen molar-refractivity contribution in [3.63, 3.8) is 0 Å². The Labute approximate surface area is 124 Å². The average Bonchev–Trinajstić information content (AvgIpc) is 2.89. The Hall–Kier alpha value is -2.50. The minimum atomic E-state index is -0.135. The Morgan fingerprint density at radius 1 is 1.43 bits per heavy atom. The second-order valence-corrected chi connectivity index (χ2v) is 4.93. The van der Waals surface area contributed by atoms with E-state index in [1.54, 1.807) is 19.2 Å². The Kier molecular flexibility index (Phi) is 4.81. The van der Waals surface area contributed by atoms with Gasteiger partial charge in [0, 0.05) is 24.8 Å². The van der Waals surface area contributed by atoms with E-state index in [2.05, 4.69) is 20.8 Å². The van der Waals surface area contributed by atoms with Crippen molar-refractivity contribution >= 4 is 17.3 Å². The van der Waals surface area contributed by atoms with Crippen LogP contribution in [0.15, 0.2) is 24.4 Å². The molecular formula is C15H21N5O. The Morgan fingerprint density at radius 3 is 2.86 bits per heavy atom. The van der Waals surface area contributed by atoms with Gasteiger partial charge in [-0.15, -0.1) is 0 Å². The van der Waals surface area contributed by atoms with Gasteiger partial charge >= 0.3 is 0 Å². The topological polar surface area (TPSA) is 95.8 Å². The summed E-state index contributed by atoms with van der Waals surface area (Å²) >= 11 is 0. The lowest BCUT2D eigenvalue weighted by Crippen LogP contribution is -2.18. The molecule has 5 N–H and O–H groups in total. The van der Waals surface area contributed by atoms with Gasteiger partial charge in [0.05, 0.1) is 17.6 Å². The molecular weight excluding hydrogens is 266 g/mol. The van der Waals surface area contributed by atoms with Gasteiger partial charge in [0.1, 0.15) is 0 Å². The van der Waals surface area contributed by atoms with E-state index >= 15 is 0 Å². The van der Waals surface area contributed by atoms with Gasteiger partial charge in [0.15, 0.2) is 0 Å². The molecule has 0 saturated carbocycles. The number of aromatic amines is 1. The fourth-order valence-electron chi connectivity index (χ4n) is 2.14. The number of nitrogens with zero attached hydrogens (tertiary/aromatic N) is 1. The summed E-state index contributed by atoms with van der Waals surface area (Å²) in [7, 11) is 1.60. The third-order valence-corrected chi connectivity index (χ3v) is 3.41. The van der Waals surface area contributed by atoms with Crippen molar-refractivity contribution < 1.29 is 4.79 Å². The van der Waals surface area contributed by atoms with Crippen molar-refractivity contribution in [2.45, 2.75) is 19.8 Å². The van der Waals surface area contributed by atoms with Crippen LogP contribution in [0, 0.1) is 6.92 Å². The van der Waals surface area contributed by atoms with Crippen LogP contribution in [0.1, 0.15) is 28.0 Å². The first-order chi connectivity index (χ1) is 10.1. The van der Waals surface area contributed by atoms with Gasteiger partial charge < -0.3 is 16.4 Å². The maximum absolute atomic E-state index is 11.5. The molecule has 0 aliphatic rings. The molecule has 21 heavy (non-hydrogen) atoms. The van der Waals surface area contributed by atoms with Crippen LogP contribution in [0.25, 0.3) is 0 Å². The van der Waals surface area contributed by atoms with Gasteiger partial charge in [-0.05, 0) is 43.5 Å². The van der Waals surface area contributed by atoms with E-state index in [4.69, 9.17) is 5.73 Å². The van der Waals surface area contributed by atoms with Gasteiger partial charge in [-0.1, -0.05) is 0 Å². The molecule has 2 rings (SSSR count). The lowest BCUT2D eigenvalue weighted by molar-refractivity contribution is 0.0963. The number of amides is 1. The number of nitrogens with one attached hydrogen (secondary N) is 3. The number of H-pyrrole nitrogens is 1. The number of anilines is 2. The highest BCUT2D eigenvalue weighted by Gasteiger charge is 2.06. The Morgan fingerprint density at radius 2 is 2.24 bits per heavy atom. The normalized spacial score (nSPS) is 10.4. The summed E-state index contributed by atoms with van der Waals surface area (Å²) in [6, 6.07) is 5.28. The number of nitrogens with two attached hydrogens (primary N) is 1. The zero-order chi connectivity index (χ0) is 15.2. The number of aryl methyl sites for hydroxylation is 2. The van der Waals surface area contributed by atoms with E-state index in [9.17, 15) is 4.79 Å². The molecule has 0 atom stereocenters. The summed E-state index contributed by atoms with van der Waals surface area (Å²) in [4.78, 5) is 11.5.